The topological polar surface area (TPSA) is 95.6 Å². The molecule has 0 aliphatic rings. The van der Waals surface area contributed by atoms with Gasteiger partial charge in [-0.2, -0.15) is 0 Å². The Kier molecular flexibility index (Phi) is 3.46. The highest BCUT2D eigenvalue weighted by atomic mass is 32.1. The molecule has 1 amide bonds. The summed E-state index contributed by atoms with van der Waals surface area (Å²) in [6, 6.07) is 3.69. The number of hydrogen-bond donors (Lipinski definition) is 4. The highest BCUT2D eigenvalue weighted by Crippen LogP contribution is 2.22. The molecule has 80 valence electrons. The van der Waals surface area contributed by atoms with E-state index in [1.807, 2.05) is 0 Å². The van der Waals surface area contributed by atoms with E-state index in [2.05, 4.69) is 17.5 Å². The molecule has 0 saturated carbocycles. The SMILES string of the molecule is NC(=S)CNC(=O)c1ccc(O)cc1O. The number of hydrogen-bond acceptors (Lipinski definition) is 4. The van der Waals surface area contributed by atoms with Crippen LogP contribution in [0.2, 0.25) is 0 Å². The van der Waals surface area contributed by atoms with Crippen molar-refractivity contribution in [1.82, 2.24) is 5.32 Å². The van der Waals surface area contributed by atoms with Crippen molar-refractivity contribution < 1.29 is 15.0 Å². The van der Waals surface area contributed by atoms with Gasteiger partial charge in [-0.05, 0) is 12.1 Å². The van der Waals surface area contributed by atoms with Gasteiger partial charge in [-0.25, -0.2) is 0 Å². The van der Waals surface area contributed by atoms with E-state index in [0.29, 0.717) is 0 Å². The van der Waals surface area contributed by atoms with Gasteiger partial charge in [0.25, 0.3) is 5.91 Å². The molecule has 0 heterocycles. The fourth-order valence-electron chi connectivity index (χ4n) is 0.975. The van der Waals surface area contributed by atoms with Gasteiger partial charge in [-0.1, -0.05) is 12.2 Å². The van der Waals surface area contributed by atoms with Gasteiger partial charge in [0.1, 0.15) is 11.5 Å². The number of nitrogens with two attached hydrogens (primary N) is 1. The summed E-state index contributed by atoms with van der Waals surface area (Å²) in [5, 5.41) is 20.8. The molecule has 0 aliphatic heterocycles. The number of phenolic OH excluding ortho intramolecular Hbond substituents is 2. The summed E-state index contributed by atoms with van der Waals surface area (Å²) >= 11 is 4.58. The summed E-state index contributed by atoms with van der Waals surface area (Å²) in [5.74, 6) is -0.908. The highest BCUT2D eigenvalue weighted by molar-refractivity contribution is 7.80. The average molecular weight is 226 g/mol. The summed E-state index contributed by atoms with van der Waals surface area (Å²) < 4.78 is 0. The molecule has 6 heteroatoms. The lowest BCUT2D eigenvalue weighted by Crippen LogP contribution is -2.32. The Hall–Kier alpha value is -1.82. The van der Waals surface area contributed by atoms with Crippen LogP contribution >= 0.6 is 12.2 Å². The fourth-order valence-corrected chi connectivity index (χ4v) is 1.05. The Labute approximate surface area is 91.5 Å². The van der Waals surface area contributed by atoms with E-state index in [4.69, 9.17) is 10.8 Å². The first-order chi connectivity index (χ1) is 7.00. The normalized spacial score (nSPS) is 9.60. The van der Waals surface area contributed by atoms with Crippen LogP contribution in [0, 0.1) is 0 Å². The predicted octanol–water partition coefficient (Wildman–Crippen LogP) is 0.114. The first kappa shape index (κ1) is 11.3. The lowest BCUT2D eigenvalue weighted by Gasteiger charge is -2.05. The van der Waals surface area contributed by atoms with E-state index in [1.54, 1.807) is 0 Å². The third-order valence-corrected chi connectivity index (χ3v) is 1.79. The lowest BCUT2D eigenvalue weighted by atomic mass is 10.2. The van der Waals surface area contributed by atoms with Crippen molar-refractivity contribution in [3.8, 4) is 11.5 Å². The molecule has 0 aromatic heterocycles. The fraction of sp³-hybridized carbons (Fsp3) is 0.111. The van der Waals surface area contributed by atoms with E-state index in [-0.39, 0.29) is 28.6 Å². The lowest BCUT2D eigenvalue weighted by molar-refractivity contribution is 0.0957. The van der Waals surface area contributed by atoms with Gasteiger partial charge in [0, 0.05) is 6.07 Å². The van der Waals surface area contributed by atoms with E-state index >= 15 is 0 Å². The summed E-state index contributed by atoms with van der Waals surface area (Å²) in [5.41, 5.74) is 5.25. The number of amides is 1. The molecule has 5 N–H and O–H groups in total. The van der Waals surface area contributed by atoms with Crippen molar-refractivity contribution in [3.63, 3.8) is 0 Å². The van der Waals surface area contributed by atoms with Crippen molar-refractivity contribution >= 4 is 23.1 Å². The zero-order valence-electron chi connectivity index (χ0n) is 7.73. The van der Waals surface area contributed by atoms with Crippen molar-refractivity contribution in [3.05, 3.63) is 23.8 Å². The molecule has 1 rings (SSSR count). The Balaban J connectivity index is 2.78. The number of nitrogens with one attached hydrogen (secondary N) is 1. The smallest absolute Gasteiger partial charge is 0.255 e. The van der Waals surface area contributed by atoms with Gasteiger partial charge in [0.2, 0.25) is 0 Å². The molecule has 0 radical (unpaired) electrons. The second kappa shape index (κ2) is 4.61. The standard InChI is InChI=1S/C9H10N2O3S/c10-8(15)4-11-9(14)6-2-1-5(12)3-7(6)13/h1-3,12-13H,4H2,(H2,10,15)(H,11,14). The van der Waals surface area contributed by atoms with Crippen molar-refractivity contribution in [2.75, 3.05) is 6.54 Å². The molecule has 5 nitrogen and oxygen atoms in total. The van der Waals surface area contributed by atoms with Crippen molar-refractivity contribution in [1.29, 1.82) is 0 Å². The van der Waals surface area contributed by atoms with Crippen LogP contribution in [0.4, 0.5) is 0 Å². The summed E-state index contributed by atoms with van der Waals surface area (Å²) in [4.78, 5) is 11.6. The van der Waals surface area contributed by atoms with Gasteiger partial charge in [0.05, 0.1) is 17.1 Å². The number of thiocarbonyl (C=S) groups is 1. The number of carbonyl (C=O) groups is 1. The van der Waals surface area contributed by atoms with Crippen LogP contribution in [0.3, 0.4) is 0 Å². The minimum Gasteiger partial charge on any atom is -0.508 e. The largest absolute Gasteiger partial charge is 0.508 e. The Morgan fingerprint density at radius 1 is 1.47 bits per heavy atom. The summed E-state index contributed by atoms with van der Waals surface area (Å²) in [6.07, 6.45) is 0. The highest BCUT2D eigenvalue weighted by Gasteiger charge is 2.10. The maximum atomic E-state index is 11.4. The summed E-state index contributed by atoms with van der Waals surface area (Å²) in [6.45, 7) is 0.0640. The Bertz CT molecular complexity index is 406. The third-order valence-electron chi connectivity index (χ3n) is 1.65. The summed E-state index contributed by atoms with van der Waals surface area (Å²) in [7, 11) is 0. The van der Waals surface area contributed by atoms with Crippen molar-refractivity contribution in [2.45, 2.75) is 0 Å². The number of aromatic hydroxyl groups is 2. The van der Waals surface area contributed by atoms with Crippen LogP contribution in [0.25, 0.3) is 0 Å². The molecule has 0 bridgehead atoms. The minimum absolute atomic E-state index is 0.0593. The van der Waals surface area contributed by atoms with Crippen LogP contribution in [-0.4, -0.2) is 27.7 Å². The molecule has 0 fully saturated rings. The van der Waals surface area contributed by atoms with E-state index in [1.165, 1.54) is 12.1 Å². The first-order valence-electron chi connectivity index (χ1n) is 4.09. The maximum absolute atomic E-state index is 11.4. The molecule has 0 aliphatic carbocycles. The molecule has 1 aromatic carbocycles. The van der Waals surface area contributed by atoms with Crippen LogP contribution < -0.4 is 11.1 Å². The van der Waals surface area contributed by atoms with Gasteiger partial charge in [0.15, 0.2) is 0 Å². The molecular formula is C9H10N2O3S. The monoisotopic (exact) mass is 226 g/mol. The average Bonchev–Trinajstić information content (AvgIpc) is 2.14. The zero-order chi connectivity index (χ0) is 11.4. The molecule has 0 spiro atoms. The quantitative estimate of drug-likeness (QED) is 0.549. The second-order valence-electron chi connectivity index (χ2n) is 2.85. The van der Waals surface area contributed by atoms with Gasteiger partial charge < -0.3 is 21.3 Å². The van der Waals surface area contributed by atoms with Crippen molar-refractivity contribution in [2.24, 2.45) is 5.73 Å². The van der Waals surface area contributed by atoms with E-state index < -0.39 is 5.91 Å². The minimum atomic E-state index is -0.500. The molecule has 1 aromatic rings. The predicted molar refractivity (Wildman–Crippen MR) is 58.9 cm³/mol. The van der Waals surface area contributed by atoms with Crippen LogP contribution in [0.5, 0.6) is 11.5 Å². The van der Waals surface area contributed by atoms with Crippen LogP contribution in [0.1, 0.15) is 10.4 Å². The van der Waals surface area contributed by atoms with E-state index in [0.717, 1.165) is 6.07 Å². The molecule has 0 saturated heterocycles. The van der Waals surface area contributed by atoms with Crippen LogP contribution in [-0.2, 0) is 0 Å². The number of rotatable bonds is 3. The number of benzene rings is 1. The molecule has 15 heavy (non-hydrogen) atoms. The molecular weight excluding hydrogens is 216 g/mol. The Morgan fingerprint density at radius 2 is 2.13 bits per heavy atom. The number of phenols is 2. The second-order valence-corrected chi connectivity index (χ2v) is 3.37. The molecule has 0 atom stereocenters. The molecule has 0 unspecified atom stereocenters. The Morgan fingerprint density at radius 3 is 2.67 bits per heavy atom. The third kappa shape index (κ3) is 3.10. The van der Waals surface area contributed by atoms with Gasteiger partial charge in [-0.3, -0.25) is 4.79 Å². The maximum Gasteiger partial charge on any atom is 0.255 e. The van der Waals surface area contributed by atoms with E-state index in [9.17, 15) is 9.90 Å². The van der Waals surface area contributed by atoms with Crippen LogP contribution in [0.15, 0.2) is 18.2 Å². The van der Waals surface area contributed by atoms with Gasteiger partial charge in [-0.15, -0.1) is 0 Å². The van der Waals surface area contributed by atoms with Gasteiger partial charge >= 0.3 is 0 Å². The first-order valence-corrected chi connectivity index (χ1v) is 4.50. The zero-order valence-corrected chi connectivity index (χ0v) is 8.54. The number of carbonyl (C=O) groups excluding carboxylic acids is 1.